The molecule has 5 nitrogen and oxygen atoms in total. The van der Waals surface area contributed by atoms with E-state index in [2.05, 4.69) is 18.7 Å². The van der Waals surface area contributed by atoms with Crippen molar-refractivity contribution in [2.45, 2.75) is 33.1 Å². The number of rotatable bonds is 4. The lowest BCUT2D eigenvalue weighted by Gasteiger charge is -2.27. The van der Waals surface area contributed by atoms with E-state index in [-0.39, 0.29) is 11.3 Å². The van der Waals surface area contributed by atoms with Crippen LogP contribution in [0.5, 0.6) is 0 Å². The van der Waals surface area contributed by atoms with Crippen LogP contribution in [0.3, 0.4) is 0 Å². The maximum Gasteiger partial charge on any atom is 0.287 e. The van der Waals surface area contributed by atoms with E-state index >= 15 is 0 Å². The van der Waals surface area contributed by atoms with Crippen molar-refractivity contribution in [1.82, 2.24) is 0 Å². The molecule has 0 radical (unpaired) electrons. The molecule has 0 unspecified atom stereocenters. The maximum atomic E-state index is 10.8. The highest BCUT2D eigenvalue weighted by molar-refractivity contribution is 5.60. The number of nitriles is 1. The predicted molar refractivity (Wildman–Crippen MR) is 77.7 cm³/mol. The first-order chi connectivity index (χ1) is 9.55. The molecule has 106 valence electrons. The molecule has 0 spiro atoms. The Balaban J connectivity index is 2.28. The molecule has 0 saturated carbocycles. The van der Waals surface area contributed by atoms with E-state index in [1.807, 2.05) is 6.07 Å². The zero-order valence-corrected chi connectivity index (χ0v) is 11.9. The van der Waals surface area contributed by atoms with E-state index in [4.69, 9.17) is 5.26 Å². The van der Waals surface area contributed by atoms with Crippen molar-refractivity contribution in [1.29, 1.82) is 5.26 Å². The Kier molecular flexibility index (Phi) is 3.93. The van der Waals surface area contributed by atoms with Crippen molar-refractivity contribution in [3.8, 4) is 6.07 Å². The van der Waals surface area contributed by atoms with E-state index in [9.17, 15) is 10.1 Å². The van der Waals surface area contributed by atoms with Crippen molar-refractivity contribution in [3.05, 3.63) is 33.9 Å². The van der Waals surface area contributed by atoms with Crippen LogP contribution in [0.4, 0.5) is 11.4 Å². The van der Waals surface area contributed by atoms with Gasteiger partial charge in [-0.3, -0.25) is 10.1 Å². The van der Waals surface area contributed by atoms with E-state index in [1.54, 1.807) is 12.1 Å². The quantitative estimate of drug-likeness (QED) is 0.622. The Morgan fingerprint density at radius 1 is 1.45 bits per heavy atom. The lowest BCUT2D eigenvalue weighted by molar-refractivity contribution is -0.385. The minimum Gasteiger partial charge on any atom is -0.371 e. The van der Waals surface area contributed by atoms with Crippen LogP contribution >= 0.6 is 0 Å². The van der Waals surface area contributed by atoms with E-state index < -0.39 is 4.92 Å². The second-order valence-electron chi connectivity index (χ2n) is 5.45. The van der Waals surface area contributed by atoms with Gasteiger partial charge in [-0.25, -0.2) is 0 Å². The van der Waals surface area contributed by atoms with E-state index in [0.29, 0.717) is 5.41 Å². The van der Waals surface area contributed by atoms with Gasteiger partial charge in [0.25, 0.3) is 5.69 Å². The zero-order valence-electron chi connectivity index (χ0n) is 11.9. The molecule has 1 fully saturated rings. The lowest BCUT2D eigenvalue weighted by Crippen LogP contribution is -2.26. The van der Waals surface area contributed by atoms with E-state index in [0.717, 1.165) is 38.0 Å². The first-order valence-electron chi connectivity index (χ1n) is 6.98. The highest BCUT2D eigenvalue weighted by atomic mass is 16.6. The summed E-state index contributed by atoms with van der Waals surface area (Å²) in [6.45, 7) is 6.33. The molecule has 0 aromatic heterocycles. The average molecular weight is 273 g/mol. The summed E-state index contributed by atoms with van der Waals surface area (Å²) in [6, 6.07) is 6.75. The maximum absolute atomic E-state index is 10.8. The Hall–Kier alpha value is -2.09. The summed E-state index contributed by atoms with van der Waals surface area (Å²) in [7, 11) is 0. The molecule has 1 saturated heterocycles. The summed E-state index contributed by atoms with van der Waals surface area (Å²) in [6.07, 6.45) is 3.41. The Bertz CT molecular complexity index is 559. The Labute approximate surface area is 119 Å². The third-order valence-corrected chi connectivity index (χ3v) is 4.60. The van der Waals surface area contributed by atoms with Gasteiger partial charge in [-0.15, -0.1) is 0 Å². The van der Waals surface area contributed by atoms with Crippen molar-refractivity contribution in [2.24, 2.45) is 5.41 Å². The molecule has 1 aliphatic rings. The van der Waals surface area contributed by atoms with Gasteiger partial charge in [-0.05, 0) is 36.8 Å². The van der Waals surface area contributed by atoms with Gasteiger partial charge in [-0.2, -0.15) is 5.26 Å². The van der Waals surface area contributed by atoms with Crippen molar-refractivity contribution < 1.29 is 4.92 Å². The first-order valence-corrected chi connectivity index (χ1v) is 6.98. The molecule has 0 N–H and O–H groups in total. The fourth-order valence-corrected chi connectivity index (χ4v) is 2.95. The standard InChI is InChI=1S/C15H19N3O2/c1-3-15(4-2)7-8-17(11-15)13-5-6-14(18(19)20)12(9-13)10-16/h5-6,9H,3-4,7-8,11H2,1-2H3. The molecule has 1 heterocycles. The minimum atomic E-state index is -0.505. The normalized spacial score (nSPS) is 16.9. The van der Waals surface area contributed by atoms with Crippen LogP contribution in [-0.4, -0.2) is 18.0 Å². The summed E-state index contributed by atoms with van der Waals surface area (Å²) in [5.74, 6) is 0. The number of benzene rings is 1. The highest BCUT2D eigenvalue weighted by Gasteiger charge is 2.35. The molecular formula is C15H19N3O2. The summed E-state index contributed by atoms with van der Waals surface area (Å²) < 4.78 is 0. The summed E-state index contributed by atoms with van der Waals surface area (Å²) in [5.41, 5.74) is 1.27. The largest absolute Gasteiger partial charge is 0.371 e. The summed E-state index contributed by atoms with van der Waals surface area (Å²) in [4.78, 5) is 12.6. The monoisotopic (exact) mass is 273 g/mol. The molecule has 1 aromatic carbocycles. The molecule has 5 heteroatoms. The van der Waals surface area contributed by atoms with Crippen LogP contribution in [0.2, 0.25) is 0 Å². The van der Waals surface area contributed by atoms with Crippen molar-refractivity contribution in [3.63, 3.8) is 0 Å². The zero-order chi connectivity index (χ0) is 14.8. The second kappa shape index (κ2) is 5.49. The molecule has 20 heavy (non-hydrogen) atoms. The van der Waals surface area contributed by atoms with Gasteiger partial charge in [0.1, 0.15) is 11.6 Å². The number of hydrogen-bond donors (Lipinski definition) is 0. The van der Waals surface area contributed by atoms with Gasteiger partial charge in [0, 0.05) is 24.8 Å². The molecule has 1 aliphatic heterocycles. The van der Waals surface area contributed by atoms with Gasteiger partial charge in [0.05, 0.1) is 4.92 Å². The predicted octanol–water partition coefficient (Wildman–Crippen LogP) is 3.48. The van der Waals surface area contributed by atoms with Gasteiger partial charge in [0.15, 0.2) is 0 Å². The average Bonchev–Trinajstić information content (AvgIpc) is 2.91. The minimum absolute atomic E-state index is 0.118. The third kappa shape index (κ3) is 2.46. The van der Waals surface area contributed by atoms with Gasteiger partial charge < -0.3 is 4.90 Å². The lowest BCUT2D eigenvalue weighted by atomic mass is 9.82. The van der Waals surface area contributed by atoms with Gasteiger partial charge >= 0.3 is 0 Å². The van der Waals surface area contributed by atoms with E-state index in [1.165, 1.54) is 6.07 Å². The van der Waals surface area contributed by atoms with Crippen LogP contribution in [-0.2, 0) is 0 Å². The van der Waals surface area contributed by atoms with Crippen LogP contribution < -0.4 is 4.90 Å². The SMILES string of the molecule is CCC1(CC)CCN(c2ccc([N+](=O)[O-])c(C#N)c2)C1. The number of hydrogen-bond acceptors (Lipinski definition) is 4. The molecule has 0 amide bonds. The van der Waals surface area contributed by atoms with Crippen LogP contribution in [0.15, 0.2) is 18.2 Å². The van der Waals surface area contributed by atoms with Crippen LogP contribution in [0, 0.1) is 26.9 Å². The number of nitro groups is 1. The molecule has 0 atom stereocenters. The van der Waals surface area contributed by atoms with Gasteiger partial charge in [-0.1, -0.05) is 13.8 Å². The third-order valence-electron chi connectivity index (χ3n) is 4.60. The highest BCUT2D eigenvalue weighted by Crippen LogP contribution is 2.39. The van der Waals surface area contributed by atoms with Crippen molar-refractivity contribution >= 4 is 11.4 Å². The Morgan fingerprint density at radius 3 is 2.65 bits per heavy atom. The number of nitro benzene ring substituents is 1. The first kappa shape index (κ1) is 14.3. The Morgan fingerprint density at radius 2 is 2.15 bits per heavy atom. The topological polar surface area (TPSA) is 70.2 Å². The molecule has 0 aliphatic carbocycles. The fourth-order valence-electron chi connectivity index (χ4n) is 2.95. The van der Waals surface area contributed by atoms with Crippen LogP contribution in [0.25, 0.3) is 0 Å². The number of anilines is 1. The fraction of sp³-hybridized carbons (Fsp3) is 0.533. The molecule has 2 rings (SSSR count). The van der Waals surface area contributed by atoms with Crippen LogP contribution in [0.1, 0.15) is 38.7 Å². The molecular weight excluding hydrogens is 254 g/mol. The summed E-state index contributed by atoms with van der Waals surface area (Å²) >= 11 is 0. The smallest absolute Gasteiger partial charge is 0.287 e. The summed E-state index contributed by atoms with van der Waals surface area (Å²) in [5, 5.41) is 19.9. The number of nitrogens with zero attached hydrogens (tertiary/aromatic N) is 3. The van der Waals surface area contributed by atoms with Crippen molar-refractivity contribution in [2.75, 3.05) is 18.0 Å². The van der Waals surface area contributed by atoms with Gasteiger partial charge in [0.2, 0.25) is 0 Å². The second-order valence-corrected chi connectivity index (χ2v) is 5.45. The molecule has 0 bridgehead atoms. The molecule has 1 aromatic rings.